The summed E-state index contributed by atoms with van der Waals surface area (Å²) < 4.78 is 44.1. The molecule has 0 spiro atoms. The van der Waals surface area contributed by atoms with E-state index in [1.54, 1.807) is 121 Å². The fourth-order valence-electron chi connectivity index (χ4n) is 5.95. The number of carbonyl (C=O) groups is 5. The average molecular weight is 1070 g/mol. The zero-order chi connectivity index (χ0) is 51.1. The Kier molecular flexibility index (Phi) is 23.2. The molecule has 5 N–H and O–H groups in total. The van der Waals surface area contributed by atoms with E-state index in [0.717, 1.165) is 18.1 Å². The minimum Gasteiger partial charge on any atom is -0.399 e. The maximum absolute atomic E-state index is 12.2. The summed E-state index contributed by atoms with van der Waals surface area (Å²) >= 11 is 22.3. The van der Waals surface area contributed by atoms with Gasteiger partial charge in [-0.05, 0) is 151 Å². The molecule has 0 aromatic heterocycles. The van der Waals surface area contributed by atoms with Gasteiger partial charge in [-0.2, -0.15) is 0 Å². The number of nitrogen functional groups attached to an aromatic ring is 1. The lowest BCUT2D eigenvalue weighted by Gasteiger charge is -2.26. The first kappa shape index (κ1) is 56.6. The molecule has 0 radical (unpaired) electrons. The monoisotopic (exact) mass is 1070 g/mol. The first-order valence-corrected chi connectivity index (χ1v) is 26.4. The molecule has 2 amide bonds. The Morgan fingerprint density at radius 1 is 0.529 bits per heavy atom. The van der Waals surface area contributed by atoms with Crippen molar-refractivity contribution in [1.82, 2.24) is 10.2 Å². The zero-order valence-electron chi connectivity index (χ0n) is 37.4. The van der Waals surface area contributed by atoms with Gasteiger partial charge in [0.1, 0.15) is 12.6 Å². The van der Waals surface area contributed by atoms with Gasteiger partial charge in [0.05, 0.1) is 23.0 Å². The van der Waals surface area contributed by atoms with Crippen molar-refractivity contribution in [2.24, 2.45) is 0 Å². The molecule has 0 saturated carbocycles. The van der Waals surface area contributed by atoms with Crippen molar-refractivity contribution < 1.29 is 40.8 Å². The Morgan fingerprint density at radius 2 is 0.886 bits per heavy atom. The van der Waals surface area contributed by atoms with E-state index >= 15 is 0 Å². The summed E-state index contributed by atoms with van der Waals surface area (Å²) in [6, 6.07) is 40.7. The number of nitrogens with one attached hydrogen (secondary N) is 3. The summed E-state index contributed by atoms with van der Waals surface area (Å²) in [6.07, 6.45) is 1.55. The molecule has 14 nitrogen and oxygen atoms in total. The van der Waals surface area contributed by atoms with Gasteiger partial charge in [-0.1, -0.05) is 46.9 Å². The van der Waals surface area contributed by atoms with Crippen LogP contribution in [0.1, 0.15) is 57.4 Å². The number of amides is 2. The lowest BCUT2D eigenvalue weighted by atomic mass is 10.1. The van der Waals surface area contributed by atoms with Crippen molar-refractivity contribution in [2.45, 2.75) is 6.54 Å². The number of hydrogen-bond donors (Lipinski definition) is 4. The minimum atomic E-state index is -2.85. The number of sulfone groups is 2. The molecule has 6 aromatic rings. The van der Waals surface area contributed by atoms with Gasteiger partial charge in [0, 0.05) is 92.7 Å². The van der Waals surface area contributed by atoms with Gasteiger partial charge in [0.25, 0.3) is 17.1 Å². The molecule has 2 fully saturated rings. The molecule has 368 valence electrons. The Balaban J connectivity index is 0.000000206. The van der Waals surface area contributed by atoms with Crippen molar-refractivity contribution in [3.63, 3.8) is 0 Å². The van der Waals surface area contributed by atoms with Crippen LogP contribution in [0.3, 0.4) is 0 Å². The average Bonchev–Trinajstić information content (AvgIpc) is 3.34. The van der Waals surface area contributed by atoms with Gasteiger partial charge < -0.3 is 21.7 Å². The second-order valence-electron chi connectivity index (χ2n) is 15.3. The molecular weight excluding hydrogens is 1020 g/mol. The maximum Gasteiger partial charge on any atom is 0.255 e. The van der Waals surface area contributed by atoms with Crippen molar-refractivity contribution in [1.29, 1.82) is 0 Å². The Labute approximate surface area is 427 Å². The lowest BCUT2D eigenvalue weighted by Crippen LogP contribution is -2.39. The normalized spacial score (nSPS) is 14.3. The molecule has 2 aliphatic rings. The van der Waals surface area contributed by atoms with E-state index in [4.69, 9.17) is 52.1 Å². The fraction of sp³-hybridized carbons (Fsp3) is 0.180. The predicted molar refractivity (Wildman–Crippen MR) is 280 cm³/mol. The molecule has 0 aliphatic carbocycles. The zero-order valence-corrected chi connectivity index (χ0v) is 42.1. The smallest absolute Gasteiger partial charge is 0.255 e. The Bertz CT molecular complexity index is 2850. The second kappa shape index (κ2) is 28.6. The van der Waals surface area contributed by atoms with Gasteiger partial charge in [-0.15, -0.1) is 0 Å². The fourth-order valence-corrected chi connectivity index (χ4v) is 8.85. The number of halogens is 4. The number of nitrogens with zero attached hydrogens (tertiary/aromatic N) is 1. The Hall–Kier alpha value is -5.95. The molecular formula is C50H49Cl4N5O9S2. The number of aldehydes is 2. The third-order valence-electron chi connectivity index (χ3n) is 9.90. The van der Waals surface area contributed by atoms with Crippen LogP contribution in [0.2, 0.25) is 15.1 Å². The SMILES string of the molecule is Nc1ccc(C=O)cc1.O=C(Cl)c1ccc(Cl)cc1.O=C(Nc1ccc(CN2CCS(=O)(=O)CC2)cc1)c1ccc(Cl)cc1.O=Cc1ccc(NC(=O)c2ccc(Cl)cc2)cc1.O=S1(=O)CCNCC1. The van der Waals surface area contributed by atoms with Crippen molar-refractivity contribution >= 4 is 113 Å². The van der Waals surface area contributed by atoms with Crippen molar-refractivity contribution in [3.8, 4) is 0 Å². The van der Waals surface area contributed by atoms with E-state index in [9.17, 15) is 40.8 Å². The van der Waals surface area contributed by atoms with Crippen molar-refractivity contribution in [3.05, 3.63) is 194 Å². The van der Waals surface area contributed by atoms with Crippen LogP contribution in [0.5, 0.6) is 0 Å². The number of anilines is 3. The minimum absolute atomic E-state index is 0.189. The highest BCUT2D eigenvalue weighted by molar-refractivity contribution is 7.91. The standard InChI is InChI=1S/C18H19ClN2O3S.C14H10ClNO2.C7H4Cl2O.C7H7NO.C4H9NO2S/c19-16-5-3-15(4-6-16)18(22)20-17-7-1-14(2-8-17)13-21-9-11-25(23,24)12-10-21;15-12-5-3-11(4-6-12)14(18)16-13-7-1-10(9-17)2-8-13;8-6-3-1-5(2-4-6)7(9)10;8-7-3-1-6(5-9)2-4-7;6-8(7)3-1-5-2-4-8/h1-8H,9-13H2,(H,20,22);1-9H,(H,16,18);1-4H;1-5H,8H2;5H,1-4H2. The summed E-state index contributed by atoms with van der Waals surface area (Å²) in [5.74, 6) is 0.668. The first-order chi connectivity index (χ1) is 33.3. The summed E-state index contributed by atoms with van der Waals surface area (Å²) in [5.41, 5.74) is 11.2. The highest BCUT2D eigenvalue weighted by atomic mass is 35.5. The van der Waals surface area contributed by atoms with Crippen molar-refractivity contribution in [2.75, 3.05) is 65.6 Å². The van der Waals surface area contributed by atoms with Gasteiger partial charge in [-0.3, -0.25) is 28.9 Å². The number of carbonyl (C=O) groups excluding carboxylic acids is 5. The highest BCUT2D eigenvalue weighted by Gasteiger charge is 2.21. The molecule has 2 saturated heterocycles. The molecule has 2 heterocycles. The van der Waals surface area contributed by atoms with Crippen LogP contribution in [-0.4, -0.2) is 101 Å². The van der Waals surface area contributed by atoms with Crippen LogP contribution in [-0.2, 0) is 26.2 Å². The summed E-state index contributed by atoms with van der Waals surface area (Å²) in [7, 11) is -5.50. The van der Waals surface area contributed by atoms with Crippen LogP contribution in [0.25, 0.3) is 0 Å². The summed E-state index contributed by atoms with van der Waals surface area (Å²) in [4.78, 5) is 57.2. The topological polar surface area (TPSA) is 219 Å². The Morgan fingerprint density at radius 3 is 1.24 bits per heavy atom. The third-order valence-corrected chi connectivity index (χ3v) is 14.1. The van der Waals surface area contributed by atoms with Gasteiger partial charge in [0.15, 0.2) is 19.7 Å². The third kappa shape index (κ3) is 21.4. The summed E-state index contributed by atoms with van der Waals surface area (Å²) in [5, 5.41) is 9.85. The van der Waals surface area contributed by atoms with E-state index in [0.29, 0.717) is 104 Å². The molecule has 6 aromatic carbocycles. The first-order valence-electron chi connectivity index (χ1n) is 21.2. The lowest BCUT2D eigenvalue weighted by molar-refractivity contribution is 0.101. The number of benzene rings is 6. The summed E-state index contributed by atoms with van der Waals surface area (Å²) in [6.45, 7) is 3.10. The number of hydrogen-bond acceptors (Lipinski definition) is 12. The van der Waals surface area contributed by atoms with E-state index in [2.05, 4.69) is 20.9 Å². The van der Waals surface area contributed by atoms with Gasteiger partial charge in [0.2, 0.25) is 0 Å². The highest BCUT2D eigenvalue weighted by Crippen LogP contribution is 2.17. The van der Waals surface area contributed by atoms with E-state index in [1.807, 2.05) is 24.3 Å². The predicted octanol–water partition coefficient (Wildman–Crippen LogP) is 9.03. The maximum atomic E-state index is 12.2. The molecule has 20 heteroatoms. The van der Waals surface area contributed by atoms with E-state index in [-0.39, 0.29) is 23.3 Å². The quantitative estimate of drug-likeness (QED) is 0.0606. The molecule has 0 unspecified atom stereocenters. The van der Waals surface area contributed by atoms with E-state index in [1.165, 1.54) is 0 Å². The largest absolute Gasteiger partial charge is 0.399 e. The second-order valence-corrected chi connectivity index (χ2v) is 21.5. The molecule has 2 aliphatic heterocycles. The van der Waals surface area contributed by atoms with Crippen LogP contribution in [0, 0.1) is 0 Å². The van der Waals surface area contributed by atoms with Crippen LogP contribution < -0.4 is 21.7 Å². The van der Waals surface area contributed by atoms with Gasteiger partial charge in [-0.25, -0.2) is 16.8 Å². The molecule has 70 heavy (non-hydrogen) atoms. The van der Waals surface area contributed by atoms with Crippen LogP contribution in [0.15, 0.2) is 146 Å². The number of rotatable bonds is 9. The molecule has 0 atom stereocenters. The van der Waals surface area contributed by atoms with Crippen LogP contribution in [0.4, 0.5) is 17.1 Å². The number of nitrogens with two attached hydrogens (primary N) is 1. The molecule has 0 bridgehead atoms. The van der Waals surface area contributed by atoms with Gasteiger partial charge >= 0.3 is 0 Å². The van der Waals surface area contributed by atoms with Crippen LogP contribution >= 0.6 is 46.4 Å². The van der Waals surface area contributed by atoms with E-state index < -0.39 is 24.9 Å². The molecule has 8 rings (SSSR count).